The van der Waals surface area contributed by atoms with Crippen LogP contribution in [0.2, 0.25) is 0 Å². The molecule has 0 bridgehead atoms. The highest BCUT2D eigenvalue weighted by Crippen LogP contribution is 2.30. The minimum absolute atomic E-state index is 0.00886. The first kappa shape index (κ1) is 30.5. The van der Waals surface area contributed by atoms with Gasteiger partial charge in [0.2, 0.25) is 11.9 Å². The molecule has 1 aliphatic heterocycles. The van der Waals surface area contributed by atoms with Crippen LogP contribution in [0.4, 0.5) is 22.4 Å². The molecular formula is C33H37N11O2. The van der Waals surface area contributed by atoms with Gasteiger partial charge in [-0.25, -0.2) is 14.8 Å². The largest absolute Gasteiger partial charge is 0.367 e. The summed E-state index contributed by atoms with van der Waals surface area (Å²) in [5.74, 6) is 1.51. The van der Waals surface area contributed by atoms with Crippen LogP contribution in [0.5, 0.6) is 0 Å². The number of nitrogens with zero attached hydrogens (tertiary/aromatic N) is 7. The first-order valence-electron chi connectivity index (χ1n) is 15.6. The fraction of sp³-hybridized carbons (Fsp3) is 0.364. The molecule has 3 aromatic heterocycles. The van der Waals surface area contributed by atoms with Gasteiger partial charge in [-0.3, -0.25) is 14.4 Å². The fourth-order valence-corrected chi connectivity index (χ4v) is 5.96. The van der Waals surface area contributed by atoms with Crippen LogP contribution in [0.25, 0.3) is 11.1 Å². The number of rotatable bonds is 10. The number of benzene rings is 1. The number of aryl methyl sites for hydroxylation is 1. The van der Waals surface area contributed by atoms with Gasteiger partial charge in [-0.1, -0.05) is 30.3 Å². The van der Waals surface area contributed by atoms with Gasteiger partial charge in [-0.15, -0.1) is 0 Å². The number of urea groups is 1. The summed E-state index contributed by atoms with van der Waals surface area (Å²) in [7, 11) is 1.87. The minimum Gasteiger partial charge on any atom is -0.367 e. The molecule has 13 heteroatoms. The Morgan fingerprint density at radius 2 is 1.87 bits per heavy atom. The van der Waals surface area contributed by atoms with Crippen molar-refractivity contribution in [2.45, 2.75) is 63.2 Å². The Bertz CT molecular complexity index is 1690. The fourth-order valence-electron chi connectivity index (χ4n) is 5.96. The van der Waals surface area contributed by atoms with E-state index in [9.17, 15) is 14.9 Å². The summed E-state index contributed by atoms with van der Waals surface area (Å²) in [5.41, 5.74) is 3.26. The quantitative estimate of drug-likeness (QED) is 0.205. The lowest BCUT2D eigenvalue weighted by atomic mass is 9.90. The van der Waals surface area contributed by atoms with Gasteiger partial charge in [0.25, 0.3) is 0 Å². The zero-order valence-corrected chi connectivity index (χ0v) is 25.7. The number of carbonyl (C=O) groups is 2. The molecule has 4 aromatic rings. The third-order valence-corrected chi connectivity index (χ3v) is 8.44. The zero-order chi connectivity index (χ0) is 31.9. The molecule has 1 saturated carbocycles. The van der Waals surface area contributed by atoms with Crippen LogP contribution < -0.4 is 26.2 Å². The van der Waals surface area contributed by atoms with E-state index in [4.69, 9.17) is 4.98 Å². The molecular weight excluding hydrogens is 582 g/mol. The van der Waals surface area contributed by atoms with Gasteiger partial charge in [0.05, 0.1) is 12.4 Å². The van der Waals surface area contributed by atoms with Gasteiger partial charge in [-0.05, 0) is 49.8 Å². The second-order valence-electron chi connectivity index (χ2n) is 11.7. The lowest BCUT2D eigenvalue weighted by molar-refractivity contribution is -0.119. The molecule has 46 heavy (non-hydrogen) atoms. The molecule has 1 saturated heterocycles. The van der Waals surface area contributed by atoms with Crippen molar-refractivity contribution in [2.75, 3.05) is 22.1 Å². The summed E-state index contributed by atoms with van der Waals surface area (Å²) in [6, 6.07) is 15.7. The molecule has 1 aromatic carbocycles. The summed E-state index contributed by atoms with van der Waals surface area (Å²) in [6.45, 7) is 0.905. The van der Waals surface area contributed by atoms with Crippen molar-refractivity contribution in [1.82, 2.24) is 35.4 Å². The van der Waals surface area contributed by atoms with E-state index in [1.165, 1.54) is 6.20 Å². The summed E-state index contributed by atoms with van der Waals surface area (Å²) < 4.78 is 1.75. The first-order chi connectivity index (χ1) is 22.4. The minimum atomic E-state index is -0.188. The number of pyridine rings is 1. The maximum Gasteiger partial charge on any atom is 0.323 e. The van der Waals surface area contributed by atoms with Crippen molar-refractivity contribution in [2.24, 2.45) is 7.05 Å². The molecule has 4 heterocycles. The van der Waals surface area contributed by atoms with Crippen LogP contribution >= 0.6 is 0 Å². The summed E-state index contributed by atoms with van der Waals surface area (Å²) >= 11 is 0. The smallest absolute Gasteiger partial charge is 0.323 e. The van der Waals surface area contributed by atoms with Gasteiger partial charge in [-0.2, -0.15) is 15.3 Å². The zero-order valence-electron chi connectivity index (χ0n) is 25.7. The molecule has 236 valence electrons. The Balaban J connectivity index is 1.12. The van der Waals surface area contributed by atoms with Crippen LogP contribution in [0.15, 0.2) is 67.3 Å². The van der Waals surface area contributed by atoms with Crippen LogP contribution in [-0.2, 0) is 18.4 Å². The summed E-state index contributed by atoms with van der Waals surface area (Å²) in [6.07, 6.45) is 11.4. The summed E-state index contributed by atoms with van der Waals surface area (Å²) in [4.78, 5) is 40.7. The van der Waals surface area contributed by atoms with E-state index in [-0.39, 0.29) is 30.1 Å². The number of hydrogen-bond acceptors (Lipinski definition) is 9. The van der Waals surface area contributed by atoms with Crippen molar-refractivity contribution >= 4 is 29.5 Å². The van der Waals surface area contributed by atoms with Gasteiger partial charge < -0.3 is 21.3 Å². The molecule has 3 amide bonds. The van der Waals surface area contributed by atoms with Gasteiger partial charge >= 0.3 is 6.03 Å². The molecule has 2 fully saturated rings. The number of nitriles is 1. The van der Waals surface area contributed by atoms with Gasteiger partial charge in [0.15, 0.2) is 0 Å². The van der Waals surface area contributed by atoms with Crippen molar-refractivity contribution in [3.05, 3.63) is 78.4 Å². The maximum atomic E-state index is 13.7. The number of anilines is 3. The van der Waals surface area contributed by atoms with E-state index in [0.717, 1.165) is 48.8 Å². The standard InChI is InChI=1S/C33H37N11O2/c1-43-21-25(19-39-43)23-7-13-29(35-17-23)44(33(46)38-16-22-5-3-2-4-6-22)28-11-8-26(9-12-28)41-32-37-18-24(15-34)31(42-32)36-20-27-10-14-30(45)40-27/h2-7,13,17-19,21,26-28H,8-12,14,16,20H2,1H3,(H,38,46)(H,40,45)(H2,36,37,41,42). The molecule has 4 N–H and O–H groups in total. The van der Waals surface area contributed by atoms with Crippen LogP contribution in [-0.4, -0.2) is 61.3 Å². The maximum absolute atomic E-state index is 13.7. The third-order valence-electron chi connectivity index (χ3n) is 8.44. The van der Waals surface area contributed by atoms with Crippen molar-refractivity contribution in [1.29, 1.82) is 5.26 Å². The molecule has 13 nitrogen and oxygen atoms in total. The van der Waals surface area contributed by atoms with E-state index in [0.29, 0.717) is 42.7 Å². The van der Waals surface area contributed by atoms with Gasteiger partial charge in [0.1, 0.15) is 23.3 Å². The number of carbonyl (C=O) groups excluding carboxylic acids is 2. The van der Waals surface area contributed by atoms with E-state index >= 15 is 0 Å². The highest BCUT2D eigenvalue weighted by molar-refractivity contribution is 5.91. The van der Waals surface area contributed by atoms with E-state index in [1.54, 1.807) is 22.0 Å². The number of nitrogens with one attached hydrogen (secondary N) is 4. The number of hydrogen-bond donors (Lipinski definition) is 4. The second kappa shape index (κ2) is 14.1. The topological polar surface area (TPSA) is 166 Å². The Hall–Kier alpha value is -5.51. The molecule has 0 radical (unpaired) electrons. The molecule has 2 aliphatic rings. The van der Waals surface area contributed by atoms with Gasteiger partial charge in [0, 0.05) is 68.2 Å². The Morgan fingerprint density at radius 1 is 1.04 bits per heavy atom. The number of aromatic nitrogens is 5. The average Bonchev–Trinajstić information content (AvgIpc) is 3.72. The molecule has 1 aliphatic carbocycles. The van der Waals surface area contributed by atoms with Crippen LogP contribution in [0, 0.1) is 11.3 Å². The lowest BCUT2D eigenvalue weighted by Gasteiger charge is -2.36. The molecule has 0 spiro atoms. The highest BCUT2D eigenvalue weighted by atomic mass is 16.2. The SMILES string of the molecule is Cn1cc(-c2ccc(N(C(=O)NCc3ccccc3)C3CCC(Nc4ncc(C#N)c(NCC5CCC(=O)N5)n4)CC3)nc2)cn1. The predicted octanol–water partition coefficient (Wildman–Crippen LogP) is 3.97. The predicted molar refractivity (Wildman–Crippen MR) is 174 cm³/mol. The Labute approximate surface area is 267 Å². The van der Waals surface area contributed by atoms with Crippen LogP contribution in [0.3, 0.4) is 0 Å². The summed E-state index contributed by atoms with van der Waals surface area (Å²) in [5, 5.41) is 26.4. The monoisotopic (exact) mass is 619 g/mol. The normalized spacial score (nSPS) is 19.1. The van der Waals surface area contributed by atoms with E-state index < -0.39 is 0 Å². The highest BCUT2D eigenvalue weighted by Gasteiger charge is 2.31. The van der Waals surface area contributed by atoms with E-state index in [2.05, 4.69) is 42.4 Å². The molecule has 6 rings (SSSR count). The van der Waals surface area contributed by atoms with Crippen LogP contribution in [0.1, 0.15) is 49.7 Å². The molecule has 1 unspecified atom stereocenters. The third kappa shape index (κ3) is 7.40. The average molecular weight is 620 g/mol. The number of amides is 3. The Morgan fingerprint density at radius 3 is 2.54 bits per heavy atom. The lowest BCUT2D eigenvalue weighted by Crippen LogP contribution is -2.49. The van der Waals surface area contributed by atoms with Crippen molar-refractivity contribution < 1.29 is 9.59 Å². The molecule has 1 atom stereocenters. The van der Waals surface area contributed by atoms with E-state index in [1.807, 2.05) is 55.7 Å². The van der Waals surface area contributed by atoms with Crippen molar-refractivity contribution in [3.63, 3.8) is 0 Å². The first-order valence-corrected chi connectivity index (χ1v) is 15.6. The Kier molecular flexibility index (Phi) is 9.33. The van der Waals surface area contributed by atoms with Crippen molar-refractivity contribution in [3.8, 4) is 17.2 Å². The second-order valence-corrected chi connectivity index (χ2v) is 11.7.